The monoisotopic (exact) mass is 375 g/mol. The SMILES string of the molecule is CCNC(=NCc1cc(OC)c(OC)cc1OC)N1CCC2(CCCC2)C1. The largest absolute Gasteiger partial charge is 0.496 e. The van der Waals surface area contributed by atoms with Gasteiger partial charge in [-0.3, -0.25) is 0 Å². The Kier molecular flexibility index (Phi) is 6.34. The van der Waals surface area contributed by atoms with E-state index in [0.717, 1.165) is 36.9 Å². The highest BCUT2D eigenvalue weighted by molar-refractivity contribution is 5.80. The zero-order chi connectivity index (χ0) is 19.3. The molecule has 0 unspecified atom stereocenters. The lowest BCUT2D eigenvalue weighted by Crippen LogP contribution is -2.41. The first-order chi connectivity index (χ1) is 13.1. The summed E-state index contributed by atoms with van der Waals surface area (Å²) in [7, 11) is 4.95. The van der Waals surface area contributed by atoms with E-state index in [1.165, 1.54) is 32.1 Å². The van der Waals surface area contributed by atoms with Gasteiger partial charge in [-0.15, -0.1) is 0 Å². The number of hydrogen-bond donors (Lipinski definition) is 1. The number of aliphatic imine (C=N–C) groups is 1. The fourth-order valence-corrected chi connectivity index (χ4v) is 4.45. The van der Waals surface area contributed by atoms with Crippen LogP contribution in [0.25, 0.3) is 0 Å². The van der Waals surface area contributed by atoms with Gasteiger partial charge in [0.1, 0.15) is 5.75 Å². The van der Waals surface area contributed by atoms with Gasteiger partial charge in [0, 0.05) is 31.3 Å². The van der Waals surface area contributed by atoms with E-state index >= 15 is 0 Å². The van der Waals surface area contributed by atoms with E-state index in [1.807, 2.05) is 12.1 Å². The van der Waals surface area contributed by atoms with Gasteiger partial charge in [0.25, 0.3) is 0 Å². The highest BCUT2D eigenvalue weighted by atomic mass is 16.5. The summed E-state index contributed by atoms with van der Waals surface area (Å²) < 4.78 is 16.4. The van der Waals surface area contributed by atoms with Gasteiger partial charge in [-0.05, 0) is 37.7 Å². The van der Waals surface area contributed by atoms with Crippen LogP contribution in [0.1, 0.15) is 44.6 Å². The van der Waals surface area contributed by atoms with Crippen molar-refractivity contribution in [2.45, 2.75) is 45.6 Å². The highest BCUT2D eigenvalue weighted by Gasteiger charge is 2.41. The lowest BCUT2D eigenvalue weighted by atomic mass is 9.86. The molecule has 2 fully saturated rings. The van der Waals surface area contributed by atoms with E-state index in [1.54, 1.807) is 21.3 Å². The second-order valence-electron chi connectivity index (χ2n) is 7.57. The first-order valence-electron chi connectivity index (χ1n) is 9.97. The van der Waals surface area contributed by atoms with Crippen LogP contribution in [0.15, 0.2) is 17.1 Å². The van der Waals surface area contributed by atoms with Gasteiger partial charge >= 0.3 is 0 Å². The molecule has 1 aliphatic carbocycles. The molecule has 1 saturated carbocycles. The second-order valence-corrected chi connectivity index (χ2v) is 7.57. The molecule has 1 aliphatic heterocycles. The average molecular weight is 376 g/mol. The molecule has 0 amide bonds. The minimum atomic E-state index is 0.525. The van der Waals surface area contributed by atoms with E-state index in [4.69, 9.17) is 19.2 Å². The Hall–Kier alpha value is -2.11. The number of nitrogens with zero attached hydrogens (tertiary/aromatic N) is 2. The van der Waals surface area contributed by atoms with Crippen LogP contribution < -0.4 is 19.5 Å². The summed E-state index contributed by atoms with van der Waals surface area (Å²) >= 11 is 0. The molecule has 0 radical (unpaired) electrons. The maximum Gasteiger partial charge on any atom is 0.194 e. The van der Waals surface area contributed by atoms with Crippen LogP contribution in [0.3, 0.4) is 0 Å². The predicted octanol–water partition coefficient (Wildman–Crippen LogP) is 3.44. The molecular weight excluding hydrogens is 342 g/mol. The van der Waals surface area contributed by atoms with Gasteiger partial charge in [-0.25, -0.2) is 4.99 Å². The fraction of sp³-hybridized carbons (Fsp3) is 0.667. The molecule has 27 heavy (non-hydrogen) atoms. The Morgan fingerprint density at radius 2 is 1.70 bits per heavy atom. The summed E-state index contributed by atoms with van der Waals surface area (Å²) in [5.74, 6) is 3.12. The molecule has 1 aromatic carbocycles. The molecule has 0 bridgehead atoms. The standard InChI is InChI=1S/C21H33N3O3/c1-5-22-20(24-11-10-21(15-24)8-6-7-9-21)23-14-16-12-18(26-3)19(27-4)13-17(16)25-2/h12-13H,5-11,14-15H2,1-4H3,(H,22,23). The fourth-order valence-electron chi connectivity index (χ4n) is 4.45. The second kappa shape index (κ2) is 8.72. The third-order valence-corrected chi connectivity index (χ3v) is 5.92. The third-order valence-electron chi connectivity index (χ3n) is 5.92. The molecule has 1 saturated heterocycles. The van der Waals surface area contributed by atoms with Crippen LogP contribution in [0.5, 0.6) is 17.2 Å². The van der Waals surface area contributed by atoms with Crippen molar-refractivity contribution in [1.82, 2.24) is 10.2 Å². The summed E-state index contributed by atoms with van der Waals surface area (Å²) in [6, 6.07) is 3.81. The molecule has 1 heterocycles. The number of nitrogens with one attached hydrogen (secondary N) is 1. The van der Waals surface area contributed by atoms with Crippen LogP contribution in [0.2, 0.25) is 0 Å². The summed E-state index contributed by atoms with van der Waals surface area (Å²) in [6.45, 7) is 5.74. The molecule has 1 N–H and O–H groups in total. The summed E-state index contributed by atoms with van der Waals surface area (Å²) in [5, 5.41) is 3.47. The van der Waals surface area contributed by atoms with Crippen molar-refractivity contribution >= 4 is 5.96 Å². The lowest BCUT2D eigenvalue weighted by Gasteiger charge is -2.26. The van der Waals surface area contributed by atoms with Gasteiger partial charge in [0.05, 0.1) is 27.9 Å². The third kappa shape index (κ3) is 4.25. The van der Waals surface area contributed by atoms with Crippen molar-refractivity contribution in [1.29, 1.82) is 0 Å². The van der Waals surface area contributed by atoms with Gasteiger partial charge in [0.15, 0.2) is 17.5 Å². The van der Waals surface area contributed by atoms with E-state index in [2.05, 4.69) is 17.1 Å². The van der Waals surface area contributed by atoms with Gasteiger partial charge < -0.3 is 24.4 Å². The van der Waals surface area contributed by atoms with Gasteiger partial charge in [-0.1, -0.05) is 12.8 Å². The maximum atomic E-state index is 5.54. The first kappa shape index (κ1) is 19.6. The number of hydrogen-bond acceptors (Lipinski definition) is 4. The smallest absolute Gasteiger partial charge is 0.194 e. The van der Waals surface area contributed by atoms with Gasteiger partial charge in [-0.2, -0.15) is 0 Å². The van der Waals surface area contributed by atoms with E-state index in [0.29, 0.717) is 23.5 Å². The number of benzene rings is 1. The van der Waals surface area contributed by atoms with Crippen molar-refractivity contribution in [2.75, 3.05) is 41.0 Å². The van der Waals surface area contributed by atoms with Crippen molar-refractivity contribution in [3.8, 4) is 17.2 Å². The normalized spacial score (nSPS) is 18.8. The van der Waals surface area contributed by atoms with E-state index in [9.17, 15) is 0 Å². The van der Waals surface area contributed by atoms with Crippen molar-refractivity contribution in [3.63, 3.8) is 0 Å². The zero-order valence-corrected chi connectivity index (χ0v) is 17.1. The van der Waals surface area contributed by atoms with Crippen LogP contribution in [0, 0.1) is 5.41 Å². The quantitative estimate of drug-likeness (QED) is 0.610. The van der Waals surface area contributed by atoms with Crippen LogP contribution in [0.4, 0.5) is 0 Å². The summed E-state index contributed by atoms with van der Waals surface area (Å²) in [4.78, 5) is 7.35. The highest BCUT2D eigenvalue weighted by Crippen LogP contribution is 2.45. The molecule has 3 rings (SSSR count). The number of guanidine groups is 1. The molecule has 2 aliphatic rings. The number of rotatable bonds is 6. The minimum absolute atomic E-state index is 0.525. The summed E-state index contributed by atoms with van der Waals surface area (Å²) in [5.41, 5.74) is 1.51. The summed E-state index contributed by atoms with van der Waals surface area (Å²) in [6.07, 6.45) is 6.78. The molecule has 1 aromatic rings. The lowest BCUT2D eigenvalue weighted by molar-refractivity contribution is 0.309. The molecule has 1 spiro atoms. The zero-order valence-electron chi connectivity index (χ0n) is 17.1. The molecule has 6 nitrogen and oxygen atoms in total. The Bertz CT molecular complexity index is 669. The molecular formula is C21H33N3O3. The Balaban J connectivity index is 1.79. The Morgan fingerprint density at radius 3 is 2.33 bits per heavy atom. The van der Waals surface area contributed by atoms with Crippen molar-refractivity contribution < 1.29 is 14.2 Å². The Morgan fingerprint density at radius 1 is 1.04 bits per heavy atom. The van der Waals surface area contributed by atoms with E-state index in [-0.39, 0.29) is 0 Å². The molecule has 0 atom stereocenters. The number of methoxy groups -OCH3 is 3. The maximum absolute atomic E-state index is 5.54. The predicted molar refractivity (Wildman–Crippen MR) is 108 cm³/mol. The van der Waals surface area contributed by atoms with Crippen LogP contribution >= 0.6 is 0 Å². The molecule has 150 valence electrons. The topological polar surface area (TPSA) is 55.3 Å². The first-order valence-corrected chi connectivity index (χ1v) is 9.97. The average Bonchev–Trinajstić information content (AvgIpc) is 3.34. The molecule has 6 heteroatoms. The minimum Gasteiger partial charge on any atom is -0.496 e. The Labute approximate surface area is 162 Å². The van der Waals surface area contributed by atoms with Crippen LogP contribution in [-0.4, -0.2) is 51.8 Å². The number of likely N-dealkylation sites (tertiary alicyclic amines) is 1. The van der Waals surface area contributed by atoms with Gasteiger partial charge in [0.2, 0.25) is 0 Å². The van der Waals surface area contributed by atoms with Crippen LogP contribution in [-0.2, 0) is 6.54 Å². The van der Waals surface area contributed by atoms with E-state index < -0.39 is 0 Å². The van der Waals surface area contributed by atoms with Crippen molar-refractivity contribution in [2.24, 2.45) is 10.4 Å². The van der Waals surface area contributed by atoms with Crippen molar-refractivity contribution in [3.05, 3.63) is 17.7 Å². The number of ether oxygens (including phenoxy) is 3. The molecule has 0 aromatic heterocycles.